The topological polar surface area (TPSA) is 71.1 Å². The molecule has 0 aliphatic carbocycles. The van der Waals surface area contributed by atoms with Crippen LogP contribution < -0.4 is 0 Å². The lowest BCUT2D eigenvalue weighted by atomic mass is 10.2. The van der Waals surface area contributed by atoms with Gasteiger partial charge in [-0.05, 0) is 12.8 Å². The summed E-state index contributed by atoms with van der Waals surface area (Å²) in [4.78, 5) is 22.2. The standard InChI is InChI=1S/C11H18O6/c1-14-10(12)4-2-3-5-11(13)17-9-6-15-8-16-7-9/h9H,2-8H2,1H3. The van der Waals surface area contributed by atoms with E-state index in [0.717, 1.165) is 0 Å². The van der Waals surface area contributed by atoms with Crippen molar-refractivity contribution in [1.29, 1.82) is 0 Å². The van der Waals surface area contributed by atoms with Gasteiger partial charge in [0.1, 0.15) is 12.9 Å². The average molecular weight is 246 g/mol. The molecule has 0 aromatic carbocycles. The molecule has 1 saturated heterocycles. The number of unbranched alkanes of at least 4 members (excludes halogenated alkanes) is 1. The molecule has 1 heterocycles. The monoisotopic (exact) mass is 246 g/mol. The SMILES string of the molecule is COC(=O)CCCCC(=O)OC1COCOC1. The number of ether oxygens (including phenoxy) is 4. The molecule has 1 rings (SSSR count). The Hall–Kier alpha value is -1.14. The van der Waals surface area contributed by atoms with Crippen LogP contribution in [-0.4, -0.2) is 45.2 Å². The summed E-state index contributed by atoms with van der Waals surface area (Å²) in [5.74, 6) is -0.540. The van der Waals surface area contributed by atoms with Crippen molar-refractivity contribution in [2.75, 3.05) is 27.1 Å². The molecule has 6 heteroatoms. The van der Waals surface area contributed by atoms with E-state index in [-0.39, 0.29) is 24.8 Å². The zero-order chi connectivity index (χ0) is 12.5. The Morgan fingerprint density at radius 2 is 1.71 bits per heavy atom. The normalized spacial score (nSPS) is 16.5. The van der Waals surface area contributed by atoms with Gasteiger partial charge < -0.3 is 18.9 Å². The summed E-state index contributed by atoms with van der Waals surface area (Å²) in [7, 11) is 1.35. The predicted octanol–water partition coefficient (Wildman–Crippen LogP) is 0.636. The summed E-state index contributed by atoms with van der Waals surface area (Å²) >= 11 is 0. The fraction of sp³-hybridized carbons (Fsp3) is 0.818. The van der Waals surface area contributed by atoms with E-state index in [1.165, 1.54) is 7.11 Å². The Balaban J connectivity index is 2.02. The van der Waals surface area contributed by atoms with Gasteiger partial charge in [0.05, 0.1) is 20.3 Å². The maximum absolute atomic E-state index is 11.4. The smallest absolute Gasteiger partial charge is 0.306 e. The maximum atomic E-state index is 11.4. The summed E-state index contributed by atoms with van der Waals surface area (Å²) in [6, 6.07) is 0. The van der Waals surface area contributed by atoms with E-state index < -0.39 is 0 Å². The van der Waals surface area contributed by atoms with Crippen molar-refractivity contribution in [3.05, 3.63) is 0 Å². The van der Waals surface area contributed by atoms with Crippen LogP contribution in [0.15, 0.2) is 0 Å². The first kappa shape index (κ1) is 13.9. The van der Waals surface area contributed by atoms with Gasteiger partial charge in [-0.3, -0.25) is 9.59 Å². The highest BCUT2D eigenvalue weighted by Gasteiger charge is 2.18. The van der Waals surface area contributed by atoms with Crippen LogP contribution in [-0.2, 0) is 28.5 Å². The molecule has 98 valence electrons. The third-order valence-corrected chi connectivity index (χ3v) is 2.31. The third-order valence-electron chi connectivity index (χ3n) is 2.31. The minimum absolute atomic E-state index is 0.257. The third kappa shape index (κ3) is 6.23. The Labute approximate surface area is 100 Å². The van der Waals surface area contributed by atoms with Crippen LogP contribution >= 0.6 is 0 Å². The lowest BCUT2D eigenvalue weighted by Gasteiger charge is -2.22. The minimum Gasteiger partial charge on any atom is -0.469 e. The zero-order valence-electron chi connectivity index (χ0n) is 9.98. The van der Waals surface area contributed by atoms with E-state index in [4.69, 9.17) is 14.2 Å². The second kappa shape index (κ2) is 8.03. The van der Waals surface area contributed by atoms with Gasteiger partial charge >= 0.3 is 11.9 Å². The lowest BCUT2D eigenvalue weighted by molar-refractivity contribution is -0.183. The maximum Gasteiger partial charge on any atom is 0.306 e. The summed E-state index contributed by atoms with van der Waals surface area (Å²) < 4.78 is 19.6. The molecule has 1 aliphatic heterocycles. The van der Waals surface area contributed by atoms with Gasteiger partial charge in [-0.2, -0.15) is 0 Å². The number of hydrogen-bond donors (Lipinski definition) is 0. The molecule has 0 spiro atoms. The number of rotatable bonds is 6. The molecular weight excluding hydrogens is 228 g/mol. The first-order valence-corrected chi connectivity index (χ1v) is 5.64. The Morgan fingerprint density at radius 3 is 2.29 bits per heavy atom. The fourth-order valence-electron chi connectivity index (χ4n) is 1.42. The van der Waals surface area contributed by atoms with Gasteiger partial charge in [-0.25, -0.2) is 0 Å². The molecule has 0 bridgehead atoms. The van der Waals surface area contributed by atoms with Crippen molar-refractivity contribution in [2.45, 2.75) is 31.8 Å². The molecule has 1 fully saturated rings. The minimum atomic E-state index is -0.308. The van der Waals surface area contributed by atoms with Crippen molar-refractivity contribution in [2.24, 2.45) is 0 Å². The zero-order valence-corrected chi connectivity index (χ0v) is 9.98. The van der Waals surface area contributed by atoms with E-state index in [1.54, 1.807) is 0 Å². The Kier molecular flexibility index (Phi) is 6.57. The van der Waals surface area contributed by atoms with E-state index in [0.29, 0.717) is 38.9 Å². The van der Waals surface area contributed by atoms with Crippen LogP contribution in [0.2, 0.25) is 0 Å². The van der Waals surface area contributed by atoms with Gasteiger partial charge in [0.25, 0.3) is 0 Å². The molecule has 0 amide bonds. The number of esters is 2. The number of carbonyl (C=O) groups is 2. The van der Waals surface area contributed by atoms with Gasteiger partial charge in [-0.15, -0.1) is 0 Å². The number of hydrogen-bond acceptors (Lipinski definition) is 6. The summed E-state index contributed by atoms with van der Waals surface area (Å²) in [6.45, 7) is 1.02. The molecule has 0 N–H and O–H groups in total. The highest BCUT2D eigenvalue weighted by molar-refractivity contribution is 5.70. The van der Waals surface area contributed by atoms with Crippen molar-refractivity contribution in [3.8, 4) is 0 Å². The molecule has 0 atom stereocenters. The quantitative estimate of drug-likeness (QED) is 0.506. The van der Waals surface area contributed by atoms with Crippen LogP contribution in [0.4, 0.5) is 0 Å². The van der Waals surface area contributed by atoms with Gasteiger partial charge in [-0.1, -0.05) is 0 Å². The van der Waals surface area contributed by atoms with Crippen LogP contribution in [0.25, 0.3) is 0 Å². The molecule has 0 aromatic rings. The fourth-order valence-corrected chi connectivity index (χ4v) is 1.42. The van der Waals surface area contributed by atoms with E-state index in [9.17, 15) is 9.59 Å². The molecule has 0 aromatic heterocycles. The largest absolute Gasteiger partial charge is 0.469 e. The molecular formula is C11H18O6. The molecule has 1 aliphatic rings. The van der Waals surface area contributed by atoms with Crippen LogP contribution in [0, 0.1) is 0 Å². The van der Waals surface area contributed by atoms with Crippen molar-refractivity contribution in [3.63, 3.8) is 0 Å². The highest BCUT2D eigenvalue weighted by Crippen LogP contribution is 2.07. The summed E-state index contributed by atoms with van der Waals surface area (Å²) in [5.41, 5.74) is 0. The average Bonchev–Trinajstić information content (AvgIpc) is 2.35. The lowest BCUT2D eigenvalue weighted by Crippen LogP contribution is -2.33. The molecule has 0 unspecified atom stereocenters. The van der Waals surface area contributed by atoms with Crippen LogP contribution in [0.5, 0.6) is 0 Å². The molecule has 6 nitrogen and oxygen atoms in total. The second-order valence-corrected chi connectivity index (χ2v) is 3.75. The first-order valence-electron chi connectivity index (χ1n) is 5.64. The number of methoxy groups -OCH3 is 1. The van der Waals surface area contributed by atoms with E-state index in [2.05, 4.69) is 4.74 Å². The van der Waals surface area contributed by atoms with Crippen LogP contribution in [0.3, 0.4) is 0 Å². The summed E-state index contributed by atoms with van der Waals surface area (Å²) in [5, 5.41) is 0. The van der Waals surface area contributed by atoms with E-state index >= 15 is 0 Å². The highest BCUT2D eigenvalue weighted by atomic mass is 16.7. The summed E-state index contributed by atoms with van der Waals surface area (Å²) in [6.07, 6.45) is 1.56. The molecule has 0 saturated carbocycles. The van der Waals surface area contributed by atoms with Gasteiger partial charge in [0.15, 0.2) is 0 Å². The molecule has 17 heavy (non-hydrogen) atoms. The first-order chi connectivity index (χ1) is 8.22. The Bertz CT molecular complexity index is 246. The van der Waals surface area contributed by atoms with Gasteiger partial charge in [0, 0.05) is 12.8 Å². The molecule has 0 radical (unpaired) electrons. The van der Waals surface area contributed by atoms with Crippen LogP contribution in [0.1, 0.15) is 25.7 Å². The van der Waals surface area contributed by atoms with E-state index in [1.807, 2.05) is 0 Å². The second-order valence-electron chi connectivity index (χ2n) is 3.75. The van der Waals surface area contributed by atoms with Crippen molar-refractivity contribution >= 4 is 11.9 Å². The van der Waals surface area contributed by atoms with Gasteiger partial charge in [0.2, 0.25) is 0 Å². The number of carbonyl (C=O) groups excluding carboxylic acids is 2. The van der Waals surface area contributed by atoms with Crippen molar-refractivity contribution < 1.29 is 28.5 Å². The predicted molar refractivity (Wildman–Crippen MR) is 57.1 cm³/mol. The van der Waals surface area contributed by atoms with Crippen molar-refractivity contribution in [1.82, 2.24) is 0 Å². The Morgan fingerprint density at radius 1 is 1.12 bits per heavy atom.